The summed E-state index contributed by atoms with van der Waals surface area (Å²) in [5, 5.41) is 8.39. The van der Waals surface area contributed by atoms with Crippen LogP contribution in [-0.2, 0) is 4.79 Å². The van der Waals surface area contributed by atoms with E-state index < -0.39 is 11.8 Å². The highest BCUT2D eigenvalue weighted by molar-refractivity contribution is 6.40. The van der Waals surface area contributed by atoms with Gasteiger partial charge in [0, 0.05) is 18.0 Å². The lowest BCUT2D eigenvalue weighted by Gasteiger charge is -1.98. The van der Waals surface area contributed by atoms with Crippen LogP contribution in [0.3, 0.4) is 0 Å². The number of hydrogen-bond acceptors (Lipinski definition) is 3. The number of aryl methyl sites for hydroxylation is 1. The number of carbonyl (C=O) groups is 2. The van der Waals surface area contributed by atoms with E-state index in [0.29, 0.717) is 5.56 Å². The Bertz CT molecular complexity index is 333. The number of carboxylic acids is 1. The molecule has 0 saturated carbocycles. The molecule has 0 amide bonds. The quantitative estimate of drug-likeness (QED) is 0.516. The van der Waals surface area contributed by atoms with E-state index in [4.69, 9.17) is 5.11 Å². The summed E-state index contributed by atoms with van der Waals surface area (Å²) in [4.78, 5) is 25.0. The molecular formula is C8H7NO3. The smallest absolute Gasteiger partial charge is 0.377 e. The lowest BCUT2D eigenvalue weighted by Crippen LogP contribution is -2.13. The first-order valence-corrected chi connectivity index (χ1v) is 3.31. The Kier molecular flexibility index (Phi) is 2.19. The number of pyridine rings is 1. The maximum absolute atomic E-state index is 10.9. The van der Waals surface area contributed by atoms with Crippen LogP contribution < -0.4 is 0 Å². The molecule has 1 rings (SSSR count). The minimum Gasteiger partial charge on any atom is -0.475 e. The van der Waals surface area contributed by atoms with Gasteiger partial charge in [-0.1, -0.05) is 0 Å². The SMILES string of the molecule is Cc1cnccc1C(=O)C(=O)O. The average molecular weight is 165 g/mol. The number of ketones is 1. The monoisotopic (exact) mass is 165 g/mol. The lowest BCUT2D eigenvalue weighted by atomic mass is 10.1. The second-order valence-electron chi connectivity index (χ2n) is 2.32. The molecule has 0 atom stereocenters. The van der Waals surface area contributed by atoms with Crippen molar-refractivity contribution in [1.29, 1.82) is 0 Å². The summed E-state index contributed by atoms with van der Waals surface area (Å²) >= 11 is 0. The highest BCUT2D eigenvalue weighted by atomic mass is 16.4. The first-order chi connectivity index (χ1) is 5.63. The number of hydrogen-bond donors (Lipinski definition) is 1. The van der Waals surface area contributed by atoms with Crippen LogP contribution in [0.2, 0.25) is 0 Å². The standard InChI is InChI=1S/C8H7NO3/c1-5-4-9-3-2-6(5)7(10)8(11)12/h2-4H,1H3,(H,11,12). The minimum absolute atomic E-state index is 0.192. The highest BCUT2D eigenvalue weighted by Gasteiger charge is 2.15. The molecule has 0 aliphatic carbocycles. The van der Waals surface area contributed by atoms with Gasteiger partial charge >= 0.3 is 5.97 Å². The van der Waals surface area contributed by atoms with Crippen molar-refractivity contribution < 1.29 is 14.7 Å². The molecule has 12 heavy (non-hydrogen) atoms. The first-order valence-electron chi connectivity index (χ1n) is 3.31. The zero-order chi connectivity index (χ0) is 9.14. The second-order valence-corrected chi connectivity index (χ2v) is 2.32. The number of aliphatic carboxylic acids is 1. The molecule has 4 heteroatoms. The van der Waals surface area contributed by atoms with Crippen molar-refractivity contribution in [2.75, 3.05) is 0 Å². The van der Waals surface area contributed by atoms with Gasteiger partial charge in [-0.05, 0) is 18.6 Å². The molecule has 0 spiro atoms. The van der Waals surface area contributed by atoms with Crippen molar-refractivity contribution in [2.45, 2.75) is 6.92 Å². The van der Waals surface area contributed by atoms with Gasteiger partial charge in [-0.3, -0.25) is 9.78 Å². The molecular weight excluding hydrogens is 158 g/mol. The van der Waals surface area contributed by atoms with Crippen molar-refractivity contribution in [3.8, 4) is 0 Å². The van der Waals surface area contributed by atoms with Gasteiger partial charge in [-0.25, -0.2) is 4.79 Å². The molecule has 0 aliphatic heterocycles. The molecule has 0 bridgehead atoms. The van der Waals surface area contributed by atoms with E-state index in [9.17, 15) is 9.59 Å². The van der Waals surface area contributed by atoms with Gasteiger partial charge in [0.2, 0.25) is 0 Å². The Morgan fingerprint density at radius 2 is 2.17 bits per heavy atom. The largest absolute Gasteiger partial charge is 0.475 e. The minimum atomic E-state index is -1.44. The van der Waals surface area contributed by atoms with E-state index in [-0.39, 0.29) is 5.56 Å². The fourth-order valence-electron chi connectivity index (χ4n) is 0.843. The summed E-state index contributed by atoms with van der Waals surface area (Å²) < 4.78 is 0. The van der Waals surface area contributed by atoms with Crippen molar-refractivity contribution in [2.24, 2.45) is 0 Å². The van der Waals surface area contributed by atoms with Gasteiger partial charge in [0.05, 0.1) is 0 Å². The van der Waals surface area contributed by atoms with E-state index in [1.807, 2.05) is 0 Å². The molecule has 0 saturated heterocycles. The van der Waals surface area contributed by atoms with Crippen LogP contribution in [0, 0.1) is 6.92 Å². The number of rotatable bonds is 2. The molecule has 4 nitrogen and oxygen atoms in total. The van der Waals surface area contributed by atoms with E-state index in [0.717, 1.165) is 0 Å². The Labute approximate surface area is 68.9 Å². The Morgan fingerprint density at radius 3 is 2.67 bits per heavy atom. The summed E-state index contributed by atoms with van der Waals surface area (Å²) in [7, 11) is 0. The van der Waals surface area contributed by atoms with Crippen LogP contribution >= 0.6 is 0 Å². The van der Waals surface area contributed by atoms with Gasteiger partial charge in [0.25, 0.3) is 5.78 Å². The van der Waals surface area contributed by atoms with Gasteiger partial charge in [0.15, 0.2) is 0 Å². The molecule has 0 unspecified atom stereocenters. The van der Waals surface area contributed by atoms with Crippen molar-refractivity contribution in [1.82, 2.24) is 4.98 Å². The lowest BCUT2D eigenvalue weighted by molar-refractivity contribution is -0.131. The van der Waals surface area contributed by atoms with Crippen LogP contribution in [0.4, 0.5) is 0 Å². The summed E-state index contributed by atoms with van der Waals surface area (Å²) in [6, 6.07) is 1.39. The third kappa shape index (κ3) is 1.47. The molecule has 62 valence electrons. The maximum atomic E-state index is 10.9. The molecule has 0 fully saturated rings. The van der Waals surface area contributed by atoms with Gasteiger partial charge in [0.1, 0.15) is 0 Å². The topological polar surface area (TPSA) is 67.3 Å². The van der Waals surface area contributed by atoms with E-state index in [2.05, 4.69) is 4.98 Å². The molecule has 0 radical (unpaired) electrons. The van der Waals surface area contributed by atoms with Crippen LogP contribution in [-0.4, -0.2) is 21.8 Å². The summed E-state index contributed by atoms with van der Waals surface area (Å²) in [6.45, 7) is 1.64. The summed E-state index contributed by atoms with van der Waals surface area (Å²) in [5.41, 5.74) is 0.766. The highest BCUT2D eigenvalue weighted by Crippen LogP contribution is 2.05. The Hall–Kier alpha value is -1.71. The van der Waals surface area contributed by atoms with Crippen molar-refractivity contribution >= 4 is 11.8 Å². The maximum Gasteiger partial charge on any atom is 0.377 e. The molecule has 0 aliphatic rings. The van der Waals surface area contributed by atoms with Crippen LogP contribution in [0.1, 0.15) is 15.9 Å². The van der Waals surface area contributed by atoms with E-state index in [1.165, 1.54) is 18.5 Å². The summed E-state index contributed by atoms with van der Waals surface area (Å²) in [5.74, 6) is -2.33. The molecule has 1 aromatic heterocycles. The van der Waals surface area contributed by atoms with E-state index in [1.54, 1.807) is 6.92 Å². The zero-order valence-electron chi connectivity index (χ0n) is 6.44. The molecule has 0 aromatic carbocycles. The van der Waals surface area contributed by atoms with Crippen molar-refractivity contribution in [3.05, 3.63) is 29.6 Å². The van der Waals surface area contributed by atoms with Gasteiger partial charge < -0.3 is 5.11 Å². The molecule has 1 N–H and O–H groups in total. The number of carboxylic acid groups (broad SMARTS) is 1. The Balaban J connectivity index is 3.11. The van der Waals surface area contributed by atoms with Gasteiger partial charge in [-0.15, -0.1) is 0 Å². The van der Waals surface area contributed by atoms with Crippen LogP contribution in [0.25, 0.3) is 0 Å². The fourth-order valence-corrected chi connectivity index (χ4v) is 0.843. The number of aromatic nitrogens is 1. The van der Waals surface area contributed by atoms with Crippen LogP contribution in [0.15, 0.2) is 18.5 Å². The third-order valence-corrected chi connectivity index (χ3v) is 1.46. The molecule has 1 heterocycles. The number of carbonyl (C=O) groups excluding carboxylic acids is 1. The number of Topliss-reactive ketones (excluding diaryl/α,β-unsaturated/α-hetero) is 1. The Morgan fingerprint density at radius 1 is 1.50 bits per heavy atom. The van der Waals surface area contributed by atoms with E-state index >= 15 is 0 Å². The molecule has 1 aromatic rings. The number of nitrogens with zero attached hydrogens (tertiary/aromatic N) is 1. The zero-order valence-corrected chi connectivity index (χ0v) is 6.44. The van der Waals surface area contributed by atoms with Gasteiger partial charge in [-0.2, -0.15) is 0 Å². The fraction of sp³-hybridized carbons (Fsp3) is 0.125. The second kappa shape index (κ2) is 3.13. The van der Waals surface area contributed by atoms with Crippen LogP contribution in [0.5, 0.6) is 0 Å². The third-order valence-electron chi connectivity index (χ3n) is 1.46. The van der Waals surface area contributed by atoms with Crippen molar-refractivity contribution in [3.63, 3.8) is 0 Å². The predicted molar refractivity (Wildman–Crippen MR) is 40.9 cm³/mol. The summed E-state index contributed by atoms with van der Waals surface area (Å²) in [6.07, 6.45) is 2.85. The predicted octanol–water partition coefficient (Wildman–Crippen LogP) is 0.657. The average Bonchev–Trinajstić information content (AvgIpc) is 2.04. The first kappa shape index (κ1) is 8.39. The normalized spacial score (nSPS) is 9.42.